The zero-order valence-electron chi connectivity index (χ0n) is 9.59. The topological polar surface area (TPSA) is 64.9 Å². The van der Waals surface area contributed by atoms with Crippen molar-refractivity contribution >= 4 is 11.7 Å². The molecular formula is C12H14FN3O. The van der Waals surface area contributed by atoms with Gasteiger partial charge in [-0.2, -0.15) is 5.26 Å². The molecule has 1 rings (SSSR count). The summed E-state index contributed by atoms with van der Waals surface area (Å²) >= 11 is 0. The van der Waals surface area contributed by atoms with Crippen LogP contribution in [0.25, 0.3) is 0 Å². The summed E-state index contributed by atoms with van der Waals surface area (Å²) in [6.07, 6.45) is 1.86. The lowest BCUT2D eigenvalue weighted by Crippen LogP contribution is -2.29. The van der Waals surface area contributed by atoms with Crippen molar-refractivity contribution in [2.45, 2.75) is 19.8 Å². The molecule has 0 aromatic heterocycles. The second kappa shape index (κ2) is 6.48. The summed E-state index contributed by atoms with van der Waals surface area (Å²) < 4.78 is 13.4. The Morgan fingerprint density at radius 2 is 2.29 bits per heavy atom. The van der Waals surface area contributed by atoms with Crippen LogP contribution in [0.1, 0.15) is 25.3 Å². The van der Waals surface area contributed by atoms with E-state index < -0.39 is 11.8 Å². The molecule has 17 heavy (non-hydrogen) atoms. The molecule has 0 radical (unpaired) electrons. The Labute approximate surface area is 99.4 Å². The molecule has 90 valence electrons. The molecule has 5 heteroatoms. The molecule has 0 saturated heterocycles. The average Bonchev–Trinajstić information content (AvgIpc) is 2.32. The molecule has 0 heterocycles. The van der Waals surface area contributed by atoms with Crippen LogP contribution in [-0.2, 0) is 0 Å². The van der Waals surface area contributed by atoms with Crippen molar-refractivity contribution in [3.8, 4) is 6.07 Å². The number of hydrogen-bond donors (Lipinski definition) is 2. The first-order valence-electron chi connectivity index (χ1n) is 5.42. The molecule has 0 aliphatic rings. The number of carbonyl (C=O) groups is 1. The van der Waals surface area contributed by atoms with Crippen molar-refractivity contribution in [3.05, 3.63) is 29.6 Å². The van der Waals surface area contributed by atoms with E-state index in [1.54, 1.807) is 0 Å². The second-order valence-electron chi connectivity index (χ2n) is 3.54. The summed E-state index contributed by atoms with van der Waals surface area (Å²) in [7, 11) is 0. The van der Waals surface area contributed by atoms with Gasteiger partial charge in [0.15, 0.2) is 0 Å². The van der Waals surface area contributed by atoms with E-state index in [1.165, 1.54) is 12.1 Å². The van der Waals surface area contributed by atoms with Gasteiger partial charge in [0.1, 0.15) is 5.82 Å². The van der Waals surface area contributed by atoms with Crippen molar-refractivity contribution in [1.82, 2.24) is 5.32 Å². The molecule has 1 aromatic carbocycles. The van der Waals surface area contributed by atoms with Crippen molar-refractivity contribution in [1.29, 1.82) is 5.26 Å². The lowest BCUT2D eigenvalue weighted by atomic mass is 10.2. The van der Waals surface area contributed by atoms with Gasteiger partial charge in [-0.3, -0.25) is 0 Å². The third-order valence-corrected chi connectivity index (χ3v) is 2.16. The molecule has 0 bridgehead atoms. The predicted octanol–water partition coefficient (Wildman–Crippen LogP) is 2.62. The number of nitrogens with one attached hydrogen (secondary N) is 2. The number of nitriles is 1. The van der Waals surface area contributed by atoms with Gasteiger partial charge in [0.05, 0.1) is 17.3 Å². The summed E-state index contributed by atoms with van der Waals surface area (Å²) in [5, 5.41) is 13.6. The quantitative estimate of drug-likeness (QED) is 0.788. The molecular weight excluding hydrogens is 221 g/mol. The van der Waals surface area contributed by atoms with Gasteiger partial charge in [0, 0.05) is 6.54 Å². The standard InChI is InChI=1S/C12H14FN3O/c1-2-3-6-15-12(17)16-11-5-4-9(8-14)7-10(11)13/h4-5,7H,2-3,6H2,1H3,(H2,15,16,17). The van der Waals surface area contributed by atoms with Crippen molar-refractivity contribution in [2.24, 2.45) is 0 Å². The highest BCUT2D eigenvalue weighted by Crippen LogP contribution is 2.14. The number of amides is 2. The van der Waals surface area contributed by atoms with Gasteiger partial charge < -0.3 is 10.6 Å². The van der Waals surface area contributed by atoms with E-state index >= 15 is 0 Å². The number of unbranched alkanes of at least 4 members (excludes halogenated alkanes) is 1. The van der Waals surface area contributed by atoms with E-state index in [2.05, 4.69) is 10.6 Å². The van der Waals surface area contributed by atoms with Crippen LogP contribution in [-0.4, -0.2) is 12.6 Å². The average molecular weight is 235 g/mol. The van der Waals surface area contributed by atoms with Crippen LogP contribution >= 0.6 is 0 Å². The van der Waals surface area contributed by atoms with Crippen LogP contribution in [0.2, 0.25) is 0 Å². The van der Waals surface area contributed by atoms with E-state index in [-0.39, 0.29) is 11.3 Å². The van der Waals surface area contributed by atoms with Gasteiger partial charge in [-0.1, -0.05) is 13.3 Å². The molecule has 2 amide bonds. The van der Waals surface area contributed by atoms with Crippen LogP contribution in [0.4, 0.5) is 14.9 Å². The summed E-state index contributed by atoms with van der Waals surface area (Å²) in [5.74, 6) is -0.616. The third kappa shape index (κ3) is 4.11. The summed E-state index contributed by atoms with van der Waals surface area (Å²) in [5.41, 5.74) is 0.289. The van der Waals surface area contributed by atoms with E-state index in [0.717, 1.165) is 18.9 Å². The molecule has 1 aromatic rings. The minimum absolute atomic E-state index is 0.0676. The zero-order valence-corrected chi connectivity index (χ0v) is 9.59. The van der Waals surface area contributed by atoms with E-state index in [1.807, 2.05) is 13.0 Å². The van der Waals surface area contributed by atoms with Crippen LogP contribution in [0.5, 0.6) is 0 Å². The second-order valence-corrected chi connectivity index (χ2v) is 3.54. The first kappa shape index (κ1) is 13.0. The van der Waals surface area contributed by atoms with Gasteiger partial charge in [0.25, 0.3) is 0 Å². The molecule has 0 unspecified atom stereocenters. The number of halogens is 1. The predicted molar refractivity (Wildman–Crippen MR) is 63.0 cm³/mol. The highest BCUT2D eigenvalue weighted by molar-refractivity contribution is 5.89. The lowest BCUT2D eigenvalue weighted by Gasteiger charge is -2.07. The monoisotopic (exact) mass is 235 g/mol. The molecule has 0 aliphatic carbocycles. The Morgan fingerprint density at radius 1 is 1.53 bits per heavy atom. The summed E-state index contributed by atoms with van der Waals surface area (Å²) in [6.45, 7) is 2.57. The van der Waals surface area contributed by atoms with Crippen molar-refractivity contribution in [2.75, 3.05) is 11.9 Å². The SMILES string of the molecule is CCCCNC(=O)Nc1ccc(C#N)cc1F. The van der Waals surface area contributed by atoms with Crippen LogP contribution in [0.15, 0.2) is 18.2 Å². The maximum Gasteiger partial charge on any atom is 0.319 e. The smallest absolute Gasteiger partial charge is 0.319 e. The van der Waals surface area contributed by atoms with Crippen LogP contribution < -0.4 is 10.6 Å². The highest BCUT2D eigenvalue weighted by Gasteiger charge is 2.06. The van der Waals surface area contributed by atoms with Gasteiger partial charge >= 0.3 is 6.03 Å². The maximum absolute atomic E-state index is 13.4. The minimum atomic E-state index is -0.616. The Morgan fingerprint density at radius 3 is 2.88 bits per heavy atom. The molecule has 0 aliphatic heterocycles. The number of hydrogen-bond acceptors (Lipinski definition) is 2. The molecule has 0 fully saturated rings. The van der Waals surface area contributed by atoms with E-state index in [9.17, 15) is 9.18 Å². The van der Waals surface area contributed by atoms with E-state index in [0.29, 0.717) is 6.54 Å². The highest BCUT2D eigenvalue weighted by atomic mass is 19.1. The summed E-state index contributed by atoms with van der Waals surface area (Å²) in [4.78, 5) is 11.3. The lowest BCUT2D eigenvalue weighted by molar-refractivity contribution is 0.252. The van der Waals surface area contributed by atoms with Gasteiger partial charge in [-0.15, -0.1) is 0 Å². The van der Waals surface area contributed by atoms with Gasteiger partial charge in [-0.25, -0.2) is 9.18 Å². The Kier molecular flexibility index (Phi) is 4.95. The first-order chi connectivity index (χ1) is 8.17. The van der Waals surface area contributed by atoms with E-state index in [4.69, 9.17) is 5.26 Å². The molecule has 0 saturated carbocycles. The number of rotatable bonds is 4. The van der Waals surface area contributed by atoms with Crippen molar-refractivity contribution < 1.29 is 9.18 Å². The molecule has 0 atom stereocenters. The largest absolute Gasteiger partial charge is 0.338 e. The van der Waals surface area contributed by atoms with Gasteiger partial charge in [0.2, 0.25) is 0 Å². The minimum Gasteiger partial charge on any atom is -0.338 e. The maximum atomic E-state index is 13.4. The first-order valence-corrected chi connectivity index (χ1v) is 5.42. The Balaban J connectivity index is 2.57. The third-order valence-electron chi connectivity index (χ3n) is 2.16. The Bertz CT molecular complexity index is 440. The fourth-order valence-corrected chi connectivity index (χ4v) is 1.23. The Hall–Kier alpha value is -2.09. The van der Waals surface area contributed by atoms with Crippen LogP contribution in [0, 0.1) is 17.1 Å². The zero-order chi connectivity index (χ0) is 12.7. The molecule has 2 N–H and O–H groups in total. The number of urea groups is 1. The fourth-order valence-electron chi connectivity index (χ4n) is 1.23. The normalized spacial score (nSPS) is 9.47. The molecule has 4 nitrogen and oxygen atoms in total. The molecule has 0 spiro atoms. The number of carbonyl (C=O) groups excluding carboxylic acids is 1. The number of benzene rings is 1. The van der Waals surface area contributed by atoms with Crippen molar-refractivity contribution in [3.63, 3.8) is 0 Å². The number of nitrogens with zero attached hydrogens (tertiary/aromatic N) is 1. The van der Waals surface area contributed by atoms with Gasteiger partial charge in [-0.05, 0) is 24.6 Å². The summed E-state index contributed by atoms with van der Waals surface area (Å²) in [6, 6.07) is 5.28. The van der Waals surface area contributed by atoms with Crippen LogP contribution in [0.3, 0.4) is 0 Å². The fraction of sp³-hybridized carbons (Fsp3) is 0.333. The number of anilines is 1.